The Morgan fingerprint density at radius 2 is 1.46 bits per heavy atom. The lowest BCUT2D eigenvalue weighted by molar-refractivity contribution is 0.262. The molecule has 0 saturated heterocycles. The molecule has 0 aromatic heterocycles. The van der Waals surface area contributed by atoms with Gasteiger partial charge in [-0.1, -0.05) is 55.1 Å². The van der Waals surface area contributed by atoms with Gasteiger partial charge in [-0.2, -0.15) is 4.57 Å². The molecule has 0 saturated carbocycles. The molecule has 0 aliphatic heterocycles. The van der Waals surface area contributed by atoms with Crippen molar-refractivity contribution in [3.8, 4) is 11.5 Å². The van der Waals surface area contributed by atoms with Gasteiger partial charge in [0.1, 0.15) is 17.3 Å². The number of hydrogen-bond donors (Lipinski definition) is 0. The lowest BCUT2D eigenvalue weighted by atomic mass is 10.3. The van der Waals surface area contributed by atoms with Gasteiger partial charge in [0.15, 0.2) is 0 Å². The molecular weight excluding hydrogens is 323 g/mol. The van der Waals surface area contributed by atoms with Gasteiger partial charge < -0.3 is 13.6 Å². The maximum atomic E-state index is 13.1. The van der Waals surface area contributed by atoms with Crippen LogP contribution in [0, 0.1) is 0 Å². The van der Waals surface area contributed by atoms with Gasteiger partial charge in [0.2, 0.25) is 0 Å². The maximum absolute atomic E-state index is 13.1. The summed E-state index contributed by atoms with van der Waals surface area (Å²) in [4.78, 5) is 0. The molecule has 0 heterocycles. The highest BCUT2D eigenvalue weighted by Gasteiger charge is 2.33. The molecule has 0 atom stereocenters. The Morgan fingerprint density at radius 3 is 1.88 bits per heavy atom. The SMILES string of the molecule is C=C/C=C(\C=C/C)OP(=O)(Oc1ccccc1)Oc1ccccc1. The first-order valence-corrected chi connectivity index (χ1v) is 8.85. The van der Waals surface area contributed by atoms with E-state index in [0.717, 1.165) is 0 Å². The van der Waals surface area contributed by atoms with E-state index in [9.17, 15) is 4.57 Å². The number of phosphoric acid groups is 1. The van der Waals surface area contributed by atoms with Crippen LogP contribution in [-0.4, -0.2) is 0 Å². The van der Waals surface area contributed by atoms with Crippen molar-refractivity contribution in [3.05, 3.63) is 97.3 Å². The van der Waals surface area contributed by atoms with Crippen molar-refractivity contribution in [1.29, 1.82) is 0 Å². The Labute approximate surface area is 142 Å². The van der Waals surface area contributed by atoms with Crippen LogP contribution in [0.25, 0.3) is 0 Å². The van der Waals surface area contributed by atoms with Crippen LogP contribution in [0.1, 0.15) is 6.92 Å². The van der Waals surface area contributed by atoms with Crippen molar-refractivity contribution in [2.75, 3.05) is 0 Å². The Kier molecular flexibility index (Phi) is 6.47. The largest absolute Gasteiger partial charge is 0.647 e. The molecule has 0 bridgehead atoms. The third-order valence-electron chi connectivity index (χ3n) is 2.75. The minimum Gasteiger partial charge on any atom is -0.386 e. The van der Waals surface area contributed by atoms with Gasteiger partial charge in [0.05, 0.1) is 0 Å². The van der Waals surface area contributed by atoms with Crippen molar-refractivity contribution in [1.82, 2.24) is 0 Å². The van der Waals surface area contributed by atoms with Crippen molar-refractivity contribution < 1.29 is 18.1 Å². The van der Waals surface area contributed by atoms with E-state index in [-0.39, 0.29) is 0 Å². The molecule has 2 aromatic carbocycles. The summed E-state index contributed by atoms with van der Waals surface area (Å²) in [5.41, 5.74) is 0. The average Bonchev–Trinajstić information content (AvgIpc) is 2.57. The quantitative estimate of drug-likeness (QED) is 0.339. The lowest BCUT2D eigenvalue weighted by Crippen LogP contribution is -2.04. The van der Waals surface area contributed by atoms with E-state index in [2.05, 4.69) is 6.58 Å². The molecule has 0 unspecified atom stereocenters. The monoisotopic (exact) mass is 342 g/mol. The standard InChI is InChI=1S/C19H19O4P/c1-3-11-17(12-4-2)21-24(20,22-18-13-7-5-8-14-18)23-19-15-9-6-10-16-19/h3-16H,1H2,2H3/b12-4-,17-11+. The van der Waals surface area contributed by atoms with Crippen LogP contribution >= 0.6 is 7.82 Å². The van der Waals surface area contributed by atoms with Gasteiger partial charge in [0, 0.05) is 0 Å². The fourth-order valence-electron chi connectivity index (χ4n) is 1.80. The molecule has 4 nitrogen and oxygen atoms in total. The molecule has 0 spiro atoms. The van der Waals surface area contributed by atoms with Crippen LogP contribution in [0.2, 0.25) is 0 Å². The van der Waals surface area contributed by atoms with E-state index in [0.29, 0.717) is 17.3 Å². The smallest absolute Gasteiger partial charge is 0.386 e. The summed E-state index contributed by atoms with van der Waals surface area (Å²) in [5, 5.41) is 0. The summed E-state index contributed by atoms with van der Waals surface area (Å²) in [7, 11) is -3.95. The molecule has 5 heteroatoms. The number of phosphoric ester groups is 1. The Balaban J connectivity index is 2.31. The van der Waals surface area contributed by atoms with E-state index in [4.69, 9.17) is 13.6 Å². The molecule has 2 aromatic rings. The summed E-state index contributed by atoms with van der Waals surface area (Å²) >= 11 is 0. The van der Waals surface area contributed by atoms with E-state index in [1.165, 1.54) is 6.08 Å². The predicted octanol–water partition coefficient (Wildman–Crippen LogP) is 5.92. The minimum absolute atomic E-state index is 0.322. The number of allylic oxidation sites excluding steroid dienone is 4. The zero-order valence-corrected chi connectivity index (χ0v) is 14.3. The number of rotatable bonds is 8. The Hall–Kier alpha value is -2.71. The highest BCUT2D eigenvalue weighted by molar-refractivity contribution is 7.49. The van der Waals surface area contributed by atoms with Gasteiger partial charge in [0.25, 0.3) is 0 Å². The Morgan fingerprint density at radius 1 is 0.958 bits per heavy atom. The molecule has 0 radical (unpaired) electrons. The zero-order valence-electron chi connectivity index (χ0n) is 13.4. The summed E-state index contributed by atoms with van der Waals surface area (Å²) in [6.07, 6.45) is 6.52. The zero-order chi connectivity index (χ0) is 17.3. The summed E-state index contributed by atoms with van der Waals surface area (Å²) < 4.78 is 29.7. The fourth-order valence-corrected chi connectivity index (χ4v) is 3.05. The van der Waals surface area contributed by atoms with Crippen LogP contribution in [0.4, 0.5) is 0 Å². The van der Waals surface area contributed by atoms with Crippen molar-refractivity contribution >= 4 is 7.82 Å². The first kappa shape index (κ1) is 17.6. The normalized spacial score (nSPS) is 12.0. The minimum atomic E-state index is -3.95. The summed E-state index contributed by atoms with van der Waals surface area (Å²) in [6.45, 7) is 5.44. The third kappa shape index (κ3) is 5.49. The van der Waals surface area contributed by atoms with Gasteiger partial charge in [-0.15, -0.1) is 0 Å². The number of hydrogen-bond acceptors (Lipinski definition) is 4. The summed E-state index contributed by atoms with van der Waals surface area (Å²) in [6, 6.07) is 17.5. The van der Waals surface area contributed by atoms with Gasteiger partial charge >= 0.3 is 7.82 Å². The van der Waals surface area contributed by atoms with Gasteiger partial charge in [-0.05, 0) is 43.3 Å². The first-order chi connectivity index (χ1) is 11.6. The third-order valence-corrected chi connectivity index (χ3v) is 4.05. The molecule has 0 N–H and O–H groups in total. The second kappa shape index (κ2) is 8.80. The maximum Gasteiger partial charge on any atom is 0.647 e. The second-order valence-electron chi connectivity index (χ2n) is 4.65. The van der Waals surface area contributed by atoms with Crippen LogP contribution in [0.15, 0.2) is 97.3 Å². The van der Waals surface area contributed by atoms with Crippen molar-refractivity contribution in [2.45, 2.75) is 6.92 Å². The molecule has 2 rings (SSSR count). The van der Waals surface area contributed by atoms with E-state index in [1.807, 2.05) is 19.1 Å². The number of para-hydroxylation sites is 2. The highest BCUT2D eigenvalue weighted by Crippen LogP contribution is 2.51. The predicted molar refractivity (Wildman–Crippen MR) is 95.9 cm³/mol. The van der Waals surface area contributed by atoms with E-state index >= 15 is 0 Å². The lowest BCUT2D eigenvalue weighted by Gasteiger charge is -2.19. The molecule has 124 valence electrons. The van der Waals surface area contributed by atoms with Crippen molar-refractivity contribution in [3.63, 3.8) is 0 Å². The van der Waals surface area contributed by atoms with Crippen LogP contribution in [0.5, 0.6) is 11.5 Å². The summed E-state index contributed by atoms with van der Waals surface area (Å²) in [5.74, 6) is 1.09. The second-order valence-corrected chi connectivity index (χ2v) is 6.09. The molecule has 24 heavy (non-hydrogen) atoms. The fraction of sp³-hybridized carbons (Fsp3) is 0.0526. The first-order valence-electron chi connectivity index (χ1n) is 7.39. The number of benzene rings is 2. The van der Waals surface area contributed by atoms with E-state index < -0.39 is 7.82 Å². The van der Waals surface area contributed by atoms with Gasteiger partial charge in [-0.25, -0.2) is 0 Å². The topological polar surface area (TPSA) is 44.8 Å². The van der Waals surface area contributed by atoms with Crippen molar-refractivity contribution in [2.24, 2.45) is 0 Å². The molecule has 0 aliphatic carbocycles. The molecule has 0 aliphatic rings. The van der Waals surface area contributed by atoms with Crippen LogP contribution in [0.3, 0.4) is 0 Å². The Bertz CT molecular complexity index is 706. The average molecular weight is 342 g/mol. The van der Waals surface area contributed by atoms with Crippen LogP contribution < -0.4 is 9.05 Å². The highest BCUT2D eigenvalue weighted by atomic mass is 31.2. The molecule has 0 fully saturated rings. The molecule has 0 amide bonds. The van der Waals surface area contributed by atoms with Crippen LogP contribution in [-0.2, 0) is 9.09 Å². The van der Waals surface area contributed by atoms with E-state index in [1.54, 1.807) is 66.8 Å². The van der Waals surface area contributed by atoms with Gasteiger partial charge in [-0.3, -0.25) is 0 Å². The molecular formula is C19H19O4P.